The van der Waals surface area contributed by atoms with Crippen LogP contribution in [0.4, 0.5) is 0 Å². The summed E-state index contributed by atoms with van der Waals surface area (Å²) in [6.07, 6.45) is 3.04. The summed E-state index contributed by atoms with van der Waals surface area (Å²) >= 11 is 1.71. The van der Waals surface area contributed by atoms with Crippen molar-refractivity contribution < 1.29 is 9.90 Å². The van der Waals surface area contributed by atoms with Gasteiger partial charge < -0.3 is 10.0 Å². The van der Waals surface area contributed by atoms with Crippen molar-refractivity contribution in [1.29, 1.82) is 0 Å². The molecule has 0 aliphatic carbocycles. The maximum Gasteiger partial charge on any atom is 0.232 e. The van der Waals surface area contributed by atoms with Crippen molar-refractivity contribution >= 4 is 17.7 Å². The Morgan fingerprint density at radius 2 is 2.07 bits per heavy atom. The number of hydrogen-bond donors (Lipinski definition) is 1. The lowest BCUT2D eigenvalue weighted by Gasteiger charge is -2.20. The number of rotatable bonds is 9. The molecular weight excluding hydrogens is 210 g/mol. The smallest absolute Gasteiger partial charge is 0.232 e. The van der Waals surface area contributed by atoms with Crippen LogP contribution >= 0.6 is 11.8 Å². The molecule has 0 unspecified atom stereocenters. The minimum absolute atomic E-state index is 0.159. The van der Waals surface area contributed by atoms with Crippen LogP contribution < -0.4 is 0 Å². The molecule has 0 rings (SSSR count). The molecule has 0 aromatic carbocycles. The van der Waals surface area contributed by atoms with Gasteiger partial charge in [-0.1, -0.05) is 13.3 Å². The fraction of sp³-hybridized carbons (Fsp3) is 0.909. The number of amides is 1. The first-order valence-electron chi connectivity index (χ1n) is 5.72. The maximum atomic E-state index is 11.7. The van der Waals surface area contributed by atoms with Crippen molar-refractivity contribution in [2.24, 2.45) is 0 Å². The minimum Gasteiger partial charge on any atom is -0.396 e. The molecule has 0 aromatic rings. The molecule has 0 saturated heterocycles. The second-order valence-corrected chi connectivity index (χ2v) is 4.56. The molecule has 0 heterocycles. The van der Waals surface area contributed by atoms with Crippen molar-refractivity contribution in [3.63, 3.8) is 0 Å². The molecule has 0 aromatic heterocycles. The van der Waals surface area contributed by atoms with E-state index in [-0.39, 0.29) is 12.5 Å². The maximum absolute atomic E-state index is 11.7. The van der Waals surface area contributed by atoms with Gasteiger partial charge in [0.25, 0.3) is 0 Å². The number of aliphatic hydroxyl groups is 1. The van der Waals surface area contributed by atoms with Gasteiger partial charge >= 0.3 is 0 Å². The van der Waals surface area contributed by atoms with E-state index in [1.165, 1.54) is 12.8 Å². The molecule has 0 spiro atoms. The molecule has 15 heavy (non-hydrogen) atoms. The van der Waals surface area contributed by atoms with Crippen LogP contribution in [0.5, 0.6) is 0 Å². The molecule has 0 saturated carbocycles. The first-order chi connectivity index (χ1) is 7.26. The van der Waals surface area contributed by atoms with E-state index in [1.54, 1.807) is 11.8 Å². The molecule has 1 amide bonds. The van der Waals surface area contributed by atoms with E-state index in [0.717, 1.165) is 12.3 Å². The molecule has 0 radical (unpaired) electrons. The van der Waals surface area contributed by atoms with Gasteiger partial charge in [0.15, 0.2) is 0 Å². The van der Waals surface area contributed by atoms with Gasteiger partial charge in [0.05, 0.1) is 5.75 Å². The highest BCUT2D eigenvalue weighted by atomic mass is 32.2. The van der Waals surface area contributed by atoms with E-state index in [9.17, 15) is 4.79 Å². The van der Waals surface area contributed by atoms with Crippen LogP contribution in [-0.2, 0) is 4.79 Å². The zero-order valence-corrected chi connectivity index (χ0v) is 10.7. The molecular formula is C11H23NO2S. The summed E-state index contributed by atoms with van der Waals surface area (Å²) in [5, 5.41) is 8.70. The standard InChI is InChI=1S/C11H23NO2S/c1-3-5-9-15-10-11(14)12(4-2)7-6-8-13/h13H,3-10H2,1-2H3. The van der Waals surface area contributed by atoms with Crippen LogP contribution in [0, 0.1) is 0 Å². The number of unbranched alkanes of at least 4 members (excludes halogenated alkanes) is 1. The van der Waals surface area contributed by atoms with Crippen LogP contribution in [-0.4, -0.2) is 47.1 Å². The first-order valence-corrected chi connectivity index (χ1v) is 6.88. The summed E-state index contributed by atoms with van der Waals surface area (Å²) in [7, 11) is 0. The van der Waals surface area contributed by atoms with Gasteiger partial charge in [-0.25, -0.2) is 0 Å². The summed E-state index contributed by atoms with van der Waals surface area (Å²) in [6, 6.07) is 0. The molecule has 3 nitrogen and oxygen atoms in total. The van der Waals surface area contributed by atoms with E-state index < -0.39 is 0 Å². The van der Waals surface area contributed by atoms with Crippen LogP contribution in [0.2, 0.25) is 0 Å². The average molecular weight is 233 g/mol. The molecule has 0 aliphatic rings. The van der Waals surface area contributed by atoms with Crippen molar-refractivity contribution in [3.05, 3.63) is 0 Å². The molecule has 0 fully saturated rings. The topological polar surface area (TPSA) is 40.5 Å². The monoisotopic (exact) mass is 233 g/mol. The largest absolute Gasteiger partial charge is 0.396 e. The SMILES string of the molecule is CCCCSCC(=O)N(CC)CCCO. The van der Waals surface area contributed by atoms with Gasteiger partial charge in [0.1, 0.15) is 0 Å². The van der Waals surface area contributed by atoms with E-state index in [0.29, 0.717) is 18.7 Å². The lowest BCUT2D eigenvalue weighted by molar-refractivity contribution is -0.128. The zero-order valence-electron chi connectivity index (χ0n) is 9.87. The predicted octanol–water partition coefficient (Wildman–Crippen LogP) is 1.75. The molecule has 0 aliphatic heterocycles. The number of aliphatic hydroxyl groups excluding tert-OH is 1. The van der Waals surface area contributed by atoms with E-state index >= 15 is 0 Å². The molecule has 0 bridgehead atoms. The fourth-order valence-electron chi connectivity index (χ4n) is 1.22. The summed E-state index contributed by atoms with van der Waals surface area (Å²) in [5.74, 6) is 1.85. The normalized spacial score (nSPS) is 10.3. The van der Waals surface area contributed by atoms with Crippen LogP contribution in [0.25, 0.3) is 0 Å². The van der Waals surface area contributed by atoms with Crippen LogP contribution in [0.1, 0.15) is 33.1 Å². The van der Waals surface area contributed by atoms with E-state index in [1.807, 2.05) is 11.8 Å². The Morgan fingerprint density at radius 3 is 2.60 bits per heavy atom. The van der Waals surface area contributed by atoms with Crippen LogP contribution in [0.15, 0.2) is 0 Å². The highest BCUT2D eigenvalue weighted by Crippen LogP contribution is 2.06. The third-order valence-electron chi connectivity index (χ3n) is 2.19. The number of carbonyl (C=O) groups is 1. The van der Waals surface area contributed by atoms with Gasteiger partial charge in [-0.3, -0.25) is 4.79 Å². The minimum atomic E-state index is 0.159. The Hall–Kier alpha value is -0.220. The van der Waals surface area contributed by atoms with E-state index in [2.05, 4.69) is 6.92 Å². The Labute approximate surface area is 97.2 Å². The average Bonchev–Trinajstić information content (AvgIpc) is 2.25. The highest BCUT2D eigenvalue weighted by Gasteiger charge is 2.10. The van der Waals surface area contributed by atoms with Gasteiger partial charge in [0.2, 0.25) is 5.91 Å². The Kier molecular flexibility index (Phi) is 10.2. The third-order valence-corrected chi connectivity index (χ3v) is 3.22. The summed E-state index contributed by atoms with van der Waals surface area (Å²) in [4.78, 5) is 13.5. The molecule has 1 N–H and O–H groups in total. The summed E-state index contributed by atoms with van der Waals surface area (Å²) < 4.78 is 0. The van der Waals surface area contributed by atoms with Crippen molar-refractivity contribution in [1.82, 2.24) is 4.90 Å². The van der Waals surface area contributed by atoms with Gasteiger partial charge in [-0.05, 0) is 25.5 Å². The number of nitrogens with zero attached hydrogens (tertiary/aromatic N) is 1. The summed E-state index contributed by atoms with van der Waals surface area (Å²) in [5.41, 5.74) is 0. The van der Waals surface area contributed by atoms with Crippen molar-refractivity contribution in [2.75, 3.05) is 31.2 Å². The quantitative estimate of drug-likeness (QED) is 0.617. The van der Waals surface area contributed by atoms with Crippen LogP contribution in [0.3, 0.4) is 0 Å². The zero-order chi connectivity index (χ0) is 11.5. The Balaban J connectivity index is 3.63. The third kappa shape index (κ3) is 7.68. The van der Waals surface area contributed by atoms with Gasteiger partial charge in [0, 0.05) is 19.7 Å². The lowest BCUT2D eigenvalue weighted by atomic mass is 10.4. The second kappa shape index (κ2) is 10.3. The predicted molar refractivity (Wildman–Crippen MR) is 66.2 cm³/mol. The fourth-order valence-corrected chi connectivity index (χ4v) is 2.21. The Morgan fingerprint density at radius 1 is 1.33 bits per heavy atom. The first kappa shape index (κ1) is 14.8. The highest BCUT2D eigenvalue weighted by molar-refractivity contribution is 7.99. The lowest BCUT2D eigenvalue weighted by Crippen LogP contribution is -2.33. The molecule has 90 valence electrons. The van der Waals surface area contributed by atoms with Gasteiger partial charge in [-0.2, -0.15) is 11.8 Å². The number of hydrogen-bond acceptors (Lipinski definition) is 3. The van der Waals surface area contributed by atoms with Crippen molar-refractivity contribution in [2.45, 2.75) is 33.1 Å². The number of carbonyl (C=O) groups excluding carboxylic acids is 1. The number of thioether (sulfide) groups is 1. The van der Waals surface area contributed by atoms with Gasteiger partial charge in [-0.15, -0.1) is 0 Å². The second-order valence-electron chi connectivity index (χ2n) is 3.46. The Bertz CT molecular complexity index is 165. The van der Waals surface area contributed by atoms with Crippen molar-refractivity contribution in [3.8, 4) is 0 Å². The van der Waals surface area contributed by atoms with E-state index in [4.69, 9.17) is 5.11 Å². The summed E-state index contributed by atoms with van der Waals surface area (Å²) in [6.45, 7) is 5.72. The molecule has 0 atom stereocenters. The molecule has 4 heteroatoms.